The number of benzene rings is 1. The molecule has 6 nitrogen and oxygen atoms in total. The normalized spacial score (nSPS) is 15.9. The minimum atomic E-state index is -2.96. The Hall–Kier alpha value is -2.64. The zero-order valence-electron chi connectivity index (χ0n) is 16.7. The number of alkyl halides is 2. The van der Waals surface area contributed by atoms with Gasteiger partial charge in [0.1, 0.15) is 5.54 Å². The first-order valence-corrected chi connectivity index (χ1v) is 9.79. The summed E-state index contributed by atoms with van der Waals surface area (Å²) in [6.45, 7) is 1.01. The molecule has 0 unspecified atom stereocenters. The van der Waals surface area contributed by atoms with Gasteiger partial charge >= 0.3 is 12.6 Å². The smallest absolute Gasteiger partial charge is 0.387 e. The standard InChI is InChI=1S/C21H27F2NO5/c1-3-27-17-14-15(8-10-16(17)29-20(22)23)9-11-18(25)24-21(19(26)28-4-2)12-6-5-7-13-21/h8-11,14,20H,3-7,12-13H2,1-2H3,(H,24,25)/b11-9+. The highest BCUT2D eigenvalue weighted by atomic mass is 19.3. The molecule has 160 valence electrons. The molecule has 1 saturated carbocycles. The number of esters is 1. The summed E-state index contributed by atoms with van der Waals surface area (Å²) in [5, 5.41) is 2.81. The molecule has 1 aliphatic rings. The van der Waals surface area contributed by atoms with Gasteiger partial charge < -0.3 is 19.5 Å². The molecule has 1 aromatic rings. The molecule has 2 rings (SSSR count). The number of hydrogen-bond donors (Lipinski definition) is 1. The molecule has 0 spiro atoms. The van der Waals surface area contributed by atoms with E-state index < -0.39 is 24.0 Å². The molecule has 1 aliphatic carbocycles. The Morgan fingerprint density at radius 3 is 2.48 bits per heavy atom. The predicted molar refractivity (Wildman–Crippen MR) is 104 cm³/mol. The molecule has 1 amide bonds. The number of rotatable bonds is 9. The van der Waals surface area contributed by atoms with Crippen LogP contribution in [0, 0.1) is 0 Å². The molecule has 0 saturated heterocycles. The maximum Gasteiger partial charge on any atom is 0.387 e. The molecule has 1 aromatic carbocycles. The van der Waals surface area contributed by atoms with E-state index in [-0.39, 0.29) is 24.7 Å². The highest BCUT2D eigenvalue weighted by molar-refractivity contribution is 5.96. The Balaban J connectivity index is 2.12. The van der Waals surface area contributed by atoms with E-state index in [1.54, 1.807) is 13.8 Å². The maximum atomic E-state index is 12.5. The van der Waals surface area contributed by atoms with Gasteiger partial charge in [0.05, 0.1) is 13.2 Å². The monoisotopic (exact) mass is 411 g/mol. The van der Waals surface area contributed by atoms with Crippen molar-refractivity contribution in [3.8, 4) is 11.5 Å². The van der Waals surface area contributed by atoms with Gasteiger partial charge in [-0.1, -0.05) is 25.3 Å². The van der Waals surface area contributed by atoms with Crippen LogP contribution in [-0.2, 0) is 14.3 Å². The van der Waals surface area contributed by atoms with Crippen LogP contribution in [0.1, 0.15) is 51.5 Å². The number of amides is 1. The third-order valence-electron chi connectivity index (χ3n) is 4.65. The molecule has 0 heterocycles. The Morgan fingerprint density at radius 2 is 1.86 bits per heavy atom. The van der Waals surface area contributed by atoms with Crippen molar-refractivity contribution in [3.05, 3.63) is 29.8 Å². The molecule has 0 bridgehead atoms. The lowest BCUT2D eigenvalue weighted by atomic mass is 9.81. The zero-order chi connectivity index (χ0) is 21.3. The van der Waals surface area contributed by atoms with E-state index in [9.17, 15) is 18.4 Å². The highest BCUT2D eigenvalue weighted by Crippen LogP contribution is 2.31. The van der Waals surface area contributed by atoms with Crippen LogP contribution < -0.4 is 14.8 Å². The van der Waals surface area contributed by atoms with Crippen molar-refractivity contribution >= 4 is 18.0 Å². The van der Waals surface area contributed by atoms with Gasteiger partial charge in [0.2, 0.25) is 5.91 Å². The van der Waals surface area contributed by atoms with Crippen molar-refractivity contribution in [3.63, 3.8) is 0 Å². The number of carbonyl (C=O) groups excluding carboxylic acids is 2. The summed E-state index contributed by atoms with van der Waals surface area (Å²) < 4.78 is 39.9. The van der Waals surface area contributed by atoms with Crippen LogP contribution in [0.5, 0.6) is 11.5 Å². The average Bonchev–Trinajstić information content (AvgIpc) is 2.69. The van der Waals surface area contributed by atoms with Gasteiger partial charge in [0, 0.05) is 6.08 Å². The second-order valence-electron chi connectivity index (χ2n) is 6.70. The lowest BCUT2D eigenvalue weighted by Gasteiger charge is -2.35. The predicted octanol–water partition coefficient (Wildman–Crippen LogP) is 4.08. The minimum Gasteiger partial charge on any atom is -0.490 e. The van der Waals surface area contributed by atoms with Gasteiger partial charge in [0.15, 0.2) is 11.5 Å². The third kappa shape index (κ3) is 6.44. The van der Waals surface area contributed by atoms with Crippen LogP contribution >= 0.6 is 0 Å². The fourth-order valence-electron chi connectivity index (χ4n) is 3.34. The van der Waals surface area contributed by atoms with Crippen molar-refractivity contribution in [2.75, 3.05) is 13.2 Å². The van der Waals surface area contributed by atoms with E-state index in [1.807, 2.05) is 0 Å². The number of ether oxygens (including phenoxy) is 3. The van der Waals surface area contributed by atoms with Gasteiger partial charge in [-0.3, -0.25) is 4.79 Å². The highest BCUT2D eigenvalue weighted by Gasteiger charge is 2.41. The van der Waals surface area contributed by atoms with Gasteiger partial charge in [0.25, 0.3) is 0 Å². The third-order valence-corrected chi connectivity index (χ3v) is 4.65. The van der Waals surface area contributed by atoms with Crippen molar-refractivity contribution in [1.82, 2.24) is 5.32 Å². The second-order valence-corrected chi connectivity index (χ2v) is 6.70. The fourth-order valence-corrected chi connectivity index (χ4v) is 3.34. The van der Waals surface area contributed by atoms with Crippen molar-refractivity contribution < 1.29 is 32.6 Å². The van der Waals surface area contributed by atoms with E-state index >= 15 is 0 Å². The van der Waals surface area contributed by atoms with Crippen LogP contribution in [-0.4, -0.2) is 37.2 Å². The van der Waals surface area contributed by atoms with Crippen LogP contribution in [0.4, 0.5) is 8.78 Å². The molecule has 8 heteroatoms. The van der Waals surface area contributed by atoms with Gasteiger partial charge in [-0.05, 0) is 50.5 Å². The summed E-state index contributed by atoms with van der Waals surface area (Å²) in [4.78, 5) is 24.9. The lowest BCUT2D eigenvalue weighted by molar-refractivity contribution is -0.154. The summed E-state index contributed by atoms with van der Waals surface area (Å²) in [6.07, 6.45) is 6.59. The van der Waals surface area contributed by atoms with Crippen molar-refractivity contribution in [2.24, 2.45) is 0 Å². The summed E-state index contributed by atoms with van der Waals surface area (Å²) in [5.74, 6) is -0.753. The molecule has 0 radical (unpaired) electrons. The Morgan fingerprint density at radius 1 is 1.14 bits per heavy atom. The van der Waals surface area contributed by atoms with E-state index in [4.69, 9.17) is 9.47 Å². The number of hydrogen-bond acceptors (Lipinski definition) is 5. The fraction of sp³-hybridized carbons (Fsp3) is 0.524. The first-order valence-electron chi connectivity index (χ1n) is 9.79. The molecular weight excluding hydrogens is 384 g/mol. The minimum absolute atomic E-state index is 0.0769. The lowest BCUT2D eigenvalue weighted by Crippen LogP contribution is -2.56. The second kappa shape index (κ2) is 10.8. The number of halogens is 2. The topological polar surface area (TPSA) is 73.9 Å². The van der Waals surface area contributed by atoms with Crippen LogP contribution in [0.2, 0.25) is 0 Å². The van der Waals surface area contributed by atoms with Crippen molar-refractivity contribution in [2.45, 2.75) is 58.1 Å². The van der Waals surface area contributed by atoms with Crippen LogP contribution in [0.15, 0.2) is 24.3 Å². The molecular formula is C21H27F2NO5. The zero-order valence-corrected chi connectivity index (χ0v) is 16.7. The van der Waals surface area contributed by atoms with E-state index in [0.717, 1.165) is 19.3 Å². The summed E-state index contributed by atoms with van der Waals surface area (Å²) >= 11 is 0. The Kier molecular flexibility index (Phi) is 8.42. The average molecular weight is 411 g/mol. The Bertz CT molecular complexity index is 730. The van der Waals surface area contributed by atoms with E-state index in [2.05, 4.69) is 10.1 Å². The quantitative estimate of drug-likeness (QED) is 0.490. The van der Waals surface area contributed by atoms with Gasteiger partial charge in [-0.25, -0.2) is 4.79 Å². The van der Waals surface area contributed by atoms with E-state index in [0.29, 0.717) is 18.4 Å². The number of carbonyl (C=O) groups is 2. The molecule has 1 fully saturated rings. The number of nitrogens with one attached hydrogen (secondary N) is 1. The molecule has 0 atom stereocenters. The largest absolute Gasteiger partial charge is 0.490 e. The molecule has 1 N–H and O–H groups in total. The van der Waals surface area contributed by atoms with E-state index in [1.165, 1.54) is 30.4 Å². The van der Waals surface area contributed by atoms with Crippen LogP contribution in [0.3, 0.4) is 0 Å². The Labute approximate surface area is 169 Å². The summed E-state index contributed by atoms with van der Waals surface area (Å²) in [6, 6.07) is 4.40. The molecule has 0 aromatic heterocycles. The van der Waals surface area contributed by atoms with Gasteiger partial charge in [-0.2, -0.15) is 8.78 Å². The van der Waals surface area contributed by atoms with Gasteiger partial charge in [-0.15, -0.1) is 0 Å². The molecule has 0 aliphatic heterocycles. The summed E-state index contributed by atoms with van der Waals surface area (Å²) in [7, 11) is 0. The SMILES string of the molecule is CCOC(=O)C1(NC(=O)/C=C/c2ccc(OC(F)F)c(OCC)c2)CCCCC1. The van der Waals surface area contributed by atoms with Crippen molar-refractivity contribution in [1.29, 1.82) is 0 Å². The summed E-state index contributed by atoms with van der Waals surface area (Å²) in [5.41, 5.74) is -0.430. The van der Waals surface area contributed by atoms with Crippen LogP contribution in [0.25, 0.3) is 6.08 Å². The maximum absolute atomic E-state index is 12.5. The first-order chi connectivity index (χ1) is 13.9. The molecule has 29 heavy (non-hydrogen) atoms. The first kappa shape index (κ1) is 22.6.